The van der Waals surface area contributed by atoms with Crippen molar-refractivity contribution in [2.24, 2.45) is 5.92 Å². The number of hydrogen-bond donors (Lipinski definition) is 2. The smallest absolute Gasteiger partial charge is 0.304 e. The summed E-state index contributed by atoms with van der Waals surface area (Å²) in [5.74, 6) is -0.0730. The molecule has 1 fully saturated rings. The Balaban J connectivity index is 1.99. The molecule has 3 unspecified atom stereocenters. The zero-order valence-corrected chi connectivity index (χ0v) is 13.1. The summed E-state index contributed by atoms with van der Waals surface area (Å²) in [4.78, 5) is 11.1. The van der Waals surface area contributed by atoms with Gasteiger partial charge in [0.1, 0.15) is 0 Å². The third-order valence-electron chi connectivity index (χ3n) is 4.58. The number of hydrogen-bond acceptors (Lipinski definition) is 2. The first-order valence-electron chi connectivity index (χ1n) is 8.08. The van der Waals surface area contributed by atoms with Crippen LogP contribution in [0.25, 0.3) is 0 Å². The van der Waals surface area contributed by atoms with Crippen molar-refractivity contribution < 1.29 is 9.90 Å². The molecule has 0 aromatic heterocycles. The molecule has 0 amide bonds. The van der Waals surface area contributed by atoms with Crippen molar-refractivity contribution in [3.8, 4) is 0 Å². The van der Waals surface area contributed by atoms with E-state index in [0.717, 1.165) is 6.42 Å². The van der Waals surface area contributed by atoms with Crippen molar-refractivity contribution in [2.75, 3.05) is 0 Å². The van der Waals surface area contributed by atoms with Gasteiger partial charge in [-0.15, -0.1) is 0 Å². The molecule has 1 aliphatic rings. The molecule has 1 saturated carbocycles. The highest BCUT2D eigenvalue weighted by Crippen LogP contribution is 2.24. The summed E-state index contributed by atoms with van der Waals surface area (Å²) in [6.45, 7) is 4.35. The molecule has 0 spiro atoms. The minimum Gasteiger partial charge on any atom is -0.481 e. The summed E-state index contributed by atoms with van der Waals surface area (Å²) in [5, 5.41) is 12.8. The van der Waals surface area contributed by atoms with Gasteiger partial charge in [-0.25, -0.2) is 0 Å². The Morgan fingerprint density at radius 2 is 1.95 bits per heavy atom. The third-order valence-corrected chi connectivity index (χ3v) is 4.58. The van der Waals surface area contributed by atoms with Crippen LogP contribution in [0, 0.1) is 12.8 Å². The Labute approximate surface area is 127 Å². The van der Waals surface area contributed by atoms with Crippen molar-refractivity contribution in [3.63, 3.8) is 0 Å². The van der Waals surface area contributed by atoms with Crippen LogP contribution in [0.1, 0.15) is 50.2 Å². The zero-order valence-electron chi connectivity index (χ0n) is 13.1. The lowest BCUT2D eigenvalue weighted by Gasteiger charge is -2.33. The minimum atomic E-state index is -0.719. The fraction of sp³-hybridized carbons (Fsp3) is 0.611. The number of carbonyl (C=O) groups is 1. The highest BCUT2D eigenvalue weighted by Gasteiger charge is 2.25. The number of rotatable bonds is 6. The van der Waals surface area contributed by atoms with E-state index >= 15 is 0 Å². The Kier molecular flexibility index (Phi) is 5.80. The summed E-state index contributed by atoms with van der Waals surface area (Å²) in [6, 6.07) is 8.89. The molecule has 3 nitrogen and oxygen atoms in total. The predicted octanol–water partition coefficient (Wildman–Crippen LogP) is 3.55. The second-order valence-electron chi connectivity index (χ2n) is 6.52. The first-order chi connectivity index (χ1) is 10.0. The summed E-state index contributed by atoms with van der Waals surface area (Å²) in [6.07, 6.45) is 5.97. The fourth-order valence-electron chi connectivity index (χ4n) is 3.28. The second kappa shape index (κ2) is 7.60. The average Bonchev–Trinajstić information content (AvgIpc) is 2.43. The molecular weight excluding hydrogens is 262 g/mol. The number of nitrogens with one attached hydrogen (secondary N) is 1. The van der Waals surface area contributed by atoms with Gasteiger partial charge in [-0.05, 0) is 37.7 Å². The highest BCUT2D eigenvalue weighted by molar-refractivity contribution is 5.67. The van der Waals surface area contributed by atoms with Gasteiger partial charge < -0.3 is 10.4 Å². The Morgan fingerprint density at radius 3 is 2.57 bits per heavy atom. The average molecular weight is 289 g/mol. The van der Waals surface area contributed by atoms with Crippen LogP contribution in [-0.4, -0.2) is 23.2 Å². The zero-order chi connectivity index (χ0) is 15.2. The van der Waals surface area contributed by atoms with Gasteiger partial charge >= 0.3 is 5.97 Å². The first-order valence-corrected chi connectivity index (χ1v) is 8.08. The van der Waals surface area contributed by atoms with E-state index in [1.807, 2.05) is 0 Å². The molecule has 3 atom stereocenters. The van der Waals surface area contributed by atoms with Gasteiger partial charge in [0.2, 0.25) is 0 Å². The first kappa shape index (κ1) is 16.0. The van der Waals surface area contributed by atoms with Gasteiger partial charge in [-0.3, -0.25) is 4.79 Å². The van der Waals surface area contributed by atoms with Crippen molar-refractivity contribution in [1.29, 1.82) is 0 Å². The molecule has 1 aromatic carbocycles. The molecule has 21 heavy (non-hydrogen) atoms. The van der Waals surface area contributed by atoms with Crippen molar-refractivity contribution in [3.05, 3.63) is 35.4 Å². The lowest BCUT2D eigenvalue weighted by Crippen LogP contribution is -2.45. The maximum absolute atomic E-state index is 11.1. The van der Waals surface area contributed by atoms with E-state index in [2.05, 4.69) is 43.4 Å². The molecule has 3 heteroatoms. The van der Waals surface area contributed by atoms with Crippen LogP contribution in [0.3, 0.4) is 0 Å². The molecule has 116 valence electrons. The Morgan fingerprint density at radius 1 is 1.29 bits per heavy atom. The number of benzene rings is 1. The largest absolute Gasteiger partial charge is 0.481 e. The molecule has 0 bridgehead atoms. The van der Waals surface area contributed by atoms with Crippen LogP contribution in [0.5, 0.6) is 0 Å². The highest BCUT2D eigenvalue weighted by atomic mass is 16.4. The normalized spacial score (nSPS) is 23.7. The van der Waals surface area contributed by atoms with Gasteiger partial charge in [0.05, 0.1) is 6.42 Å². The lowest BCUT2D eigenvalue weighted by molar-refractivity contribution is -0.137. The SMILES string of the molecule is Cc1ccc(CC(CC(=O)O)NC2CCCCC2C)cc1. The van der Waals surface area contributed by atoms with Gasteiger partial charge in [-0.1, -0.05) is 49.6 Å². The molecule has 0 saturated heterocycles. The van der Waals surface area contributed by atoms with Gasteiger partial charge in [0.25, 0.3) is 0 Å². The molecule has 2 N–H and O–H groups in total. The molecule has 0 radical (unpaired) electrons. The second-order valence-corrected chi connectivity index (χ2v) is 6.52. The van der Waals surface area contributed by atoms with Crippen LogP contribution < -0.4 is 5.32 Å². The maximum atomic E-state index is 11.1. The van der Waals surface area contributed by atoms with Crippen LogP contribution in [-0.2, 0) is 11.2 Å². The Hall–Kier alpha value is -1.35. The molecule has 2 rings (SSSR count). The number of carboxylic acids is 1. The number of carboxylic acid groups (broad SMARTS) is 1. The quantitative estimate of drug-likeness (QED) is 0.842. The van der Waals surface area contributed by atoms with E-state index in [-0.39, 0.29) is 12.5 Å². The third kappa shape index (κ3) is 5.16. The predicted molar refractivity (Wildman–Crippen MR) is 85.5 cm³/mol. The molecule has 0 aliphatic heterocycles. The monoisotopic (exact) mass is 289 g/mol. The molecule has 1 aromatic rings. The van der Waals surface area contributed by atoms with Crippen LogP contribution >= 0.6 is 0 Å². The van der Waals surface area contributed by atoms with Crippen molar-refractivity contribution >= 4 is 5.97 Å². The van der Waals surface area contributed by atoms with Crippen LogP contribution in [0.15, 0.2) is 24.3 Å². The van der Waals surface area contributed by atoms with E-state index in [0.29, 0.717) is 12.0 Å². The summed E-state index contributed by atoms with van der Waals surface area (Å²) >= 11 is 0. The fourth-order valence-corrected chi connectivity index (χ4v) is 3.28. The van der Waals surface area contributed by atoms with Crippen LogP contribution in [0.4, 0.5) is 0 Å². The van der Waals surface area contributed by atoms with E-state index in [9.17, 15) is 4.79 Å². The maximum Gasteiger partial charge on any atom is 0.304 e. The standard InChI is InChI=1S/C18H27NO2/c1-13-7-9-15(10-8-13)11-16(12-18(20)21)19-17-6-4-3-5-14(17)2/h7-10,14,16-17,19H,3-6,11-12H2,1-2H3,(H,20,21). The van der Waals surface area contributed by atoms with E-state index < -0.39 is 5.97 Å². The molecule has 1 aliphatic carbocycles. The van der Waals surface area contributed by atoms with Gasteiger partial charge in [-0.2, -0.15) is 0 Å². The minimum absolute atomic E-state index is 0.0238. The summed E-state index contributed by atoms with van der Waals surface area (Å²) in [7, 11) is 0. The van der Waals surface area contributed by atoms with Gasteiger partial charge in [0, 0.05) is 12.1 Å². The number of aryl methyl sites for hydroxylation is 1. The topological polar surface area (TPSA) is 49.3 Å². The van der Waals surface area contributed by atoms with Crippen LogP contribution in [0.2, 0.25) is 0 Å². The van der Waals surface area contributed by atoms with E-state index in [4.69, 9.17) is 5.11 Å². The molecular formula is C18H27NO2. The van der Waals surface area contributed by atoms with E-state index in [1.54, 1.807) is 0 Å². The summed E-state index contributed by atoms with van der Waals surface area (Å²) in [5.41, 5.74) is 2.45. The van der Waals surface area contributed by atoms with Crippen molar-refractivity contribution in [2.45, 2.75) is 64.5 Å². The molecule has 0 heterocycles. The van der Waals surface area contributed by atoms with Gasteiger partial charge in [0.15, 0.2) is 0 Å². The van der Waals surface area contributed by atoms with Crippen molar-refractivity contribution in [1.82, 2.24) is 5.32 Å². The summed E-state index contributed by atoms with van der Waals surface area (Å²) < 4.78 is 0. The van der Waals surface area contributed by atoms with E-state index in [1.165, 1.54) is 36.8 Å². The number of aliphatic carboxylic acids is 1. The lowest BCUT2D eigenvalue weighted by atomic mass is 9.85. The Bertz CT molecular complexity index is 455.